The Morgan fingerprint density at radius 1 is 1.12 bits per heavy atom. The van der Waals surface area contributed by atoms with Gasteiger partial charge in [0.25, 0.3) is 0 Å². The Balaban J connectivity index is 1.64. The fraction of sp³-hybridized carbons (Fsp3) is 0.300. The molecule has 1 fully saturated rings. The average molecular weight is 318 g/mol. The van der Waals surface area contributed by atoms with Crippen LogP contribution in [-0.4, -0.2) is 20.6 Å². The smallest absolute Gasteiger partial charge is 0.140 e. The van der Waals surface area contributed by atoms with Gasteiger partial charge in [0.05, 0.1) is 0 Å². The van der Waals surface area contributed by atoms with E-state index in [1.165, 1.54) is 29.5 Å². The van der Waals surface area contributed by atoms with Gasteiger partial charge >= 0.3 is 0 Å². The topological polar surface area (TPSA) is 34.0 Å². The normalized spacial score (nSPS) is 13.9. The molecule has 0 atom stereocenters. The third kappa shape index (κ3) is 3.04. The van der Waals surface area contributed by atoms with Crippen LogP contribution < -0.4 is 4.90 Å². The van der Waals surface area contributed by atoms with Gasteiger partial charge in [-0.2, -0.15) is 0 Å². The number of nitrogens with zero attached hydrogens (tertiary/aromatic N) is 4. The van der Waals surface area contributed by atoms with Crippen LogP contribution in [0.1, 0.15) is 29.5 Å². The molecule has 0 amide bonds. The maximum atomic E-state index is 4.86. The van der Waals surface area contributed by atoms with Crippen LogP contribution >= 0.6 is 0 Å². The van der Waals surface area contributed by atoms with Crippen LogP contribution in [0.4, 0.5) is 5.82 Å². The summed E-state index contributed by atoms with van der Waals surface area (Å²) in [5.74, 6) is 1.96. The highest BCUT2D eigenvalue weighted by Crippen LogP contribution is 2.32. The summed E-state index contributed by atoms with van der Waals surface area (Å²) in [7, 11) is 0. The van der Waals surface area contributed by atoms with Crippen LogP contribution in [0, 0.1) is 13.8 Å². The maximum Gasteiger partial charge on any atom is 0.140 e. The number of aryl methyl sites for hydroxylation is 2. The lowest BCUT2D eigenvalue weighted by molar-refractivity contribution is 0.773. The van der Waals surface area contributed by atoms with E-state index in [2.05, 4.69) is 54.1 Å². The van der Waals surface area contributed by atoms with Gasteiger partial charge in [0.15, 0.2) is 0 Å². The van der Waals surface area contributed by atoms with Gasteiger partial charge in [-0.1, -0.05) is 24.3 Å². The summed E-state index contributed by atoms with van der Waals surface area (Å²) in [5, 5.41) is 0. The molecule has 1 aliphatic rings. The van der Waals surface area contributed by atoms with Crippen molar-refractivity contribution in [3.05, 3.63) is 71.8 Å². The van der Waals surface area contributed by atoms with E-state index in [4.69, 9.17) is 4.98 Å². The number of benzene rings is 1. The Morgan fingerprint density at radius 2 is 2.00 bits per heavy atom. The molecule has 0 saturated heterocycles. The molecule has 1 saturated carbocycles. The Bertz CT molecular complexity index is 835. The van der Waals surface area contributed by atoms with Crippen LogP contribution in [0.5, 0.6) is 0 Å². The largest absolute Gasteiger partial charge is 0.349 e. The lowest BCUT2D eigenvalue weighted by Gasteiger charge is -2.24. The fourth-order valence-corrected chi connectivity index (χ4v) is 2.99. The number of aromatic nitrogens is 3. The van der Waals surface area contributed by atoms with E-state index in [0.717, 1.165) is 18.2 Å². The molecule has 0 aliphatic heterocycles. The van der Waals surface area contributed by atoms with Crippen molar-refractivity contribution in [2.45, 2.75) is 39.3 Å². The van der Waals surface area contributed by atoms with Crippen molar-refractivity contribution >= 4 is 5.82 Å². The first-order valence-electron chi connectivity index (χ1n) is 8.49. The SMILES string of the molecule is Cc1ccc(CN(c2cccc(-n3ccnc3)n2)C2CC2)cc1C. The minimum atomic E-state index is 0.608. The fourth-order valence-electron chi connectivity index (χ4n) is 2.99. The first kappa shape index (κ1) is 14.9. The Hall–Kier alpha value is -2.62. The minimum absolute atomic E-state index is 0.608. The van der Waals surface area contributed by atoms with Gasteiger partial charge in [-0.05, 0) is 55.5 Å². The summed E-state index contributed by atoms with van der Waals surface area (Å²) in [4.78, 5) is 11.4. The van der Waals surface area contributed by atoms with E-state index in [9.17, 15) is 0 Å². The number of anilines is 1. The van der Waals surface area contributed by atoms with E-state index >= 15 is 0 Å². The zero-order valence-corrected chi connectivity index (χ0v) is 14.2. The molecule has 3 aromatic rings. The maximum absolute atomic E-state index is 4.86. The molecule has 0 bridgehead atoms. The highest BCUT2D eigenvalue weighted by molar-refractivity contribution is 5.46. The molecule has 4 heteroatoms. The standard InChI is InChI=1S/C20H22N4/c1-15-6-7-17(12-16(15)2)13-24(18-8-9-18)20-5-3-4-19(22-20)23-11-10-21-14-23/h3-7,10-12,14,18H,8-9,13H2,1-2H3. The highest BCUT2D eigenvalue weighted by Gasteiger charge is 2.30. The molecule has 2 heterocycles. The lowest BCUT2D eigenvalue weighted by Crippen LogP contribution is -2.26. The third-order valence-electron chi connectivity index (χ3n) is 4.69. The molecular formula is C20H22N4. The summed E-state index contributed by atoms with van der Waals surface area (Å²) in [6.07, 6.45) is 8.00. The number of pyridine rings is 1. The van der Waals surface area contributed by atoms with Gasteiger partial charge in [0, 0.05) is 25.0 Å². The van der Waals surface area contributed by atoms with Gasteiger partial charge in [0.1, 0.15) is 18.0 Å². The van der Waals surface area contributed by atoms with Crippen molar-refractivity contribution < 1.29 is 0 Å². The first-order chi connectivity index (χ1) is 11.7. The van der Waals surface area contributed by atoms with Crippen LogP contribution in [0.2, 0.25) is 0 Å². The Kier molecular flexibility index (Phi) is 3.81. The van der Waals surface area contributed by atoms with Crippen LogP contribution in [0.15, 0.2) is 55.1 Å². The molecule has 4 nitrogen and oxygen atoms in total. The lowest BCUT2D eigenvalue weighted by atomic mass is 10.1. The van der Waals surface area contributed by atoms with Crippen molar-refractivity contribution in [1.29, 1.82) is 0 Å². The van der Waals surface area contributed by atoms with Crippen LogP contribution in [0.25, 0.3) is 5.82 Å². The third-order valence-corrected chi connectivity index (χ3v) is 4.69. The number of hydrogen-bond acceptors (Lipinski definition) is 3. The van der Waals surface area contributed by atoms with Crippen LogP contribution in [0.3, 0.4) is 0 Å². The summed E-state index contributed by atoms with van der Waals surface area (Å²) in [5.41, 5.74) is 4.04. The molecule has 1 aliphatic carbocycles. The summed E-state index contributed by atoms with van der Waals surface area (Å²) < 4.78 is 1.95. The van der Waals surface area contributed by atoms with Gasteiger partial charge < -0.3 is 4.90 Å². The first-order valence-corrected chi connectivity index (χ1v) is 8.49. The van der Waals surface area contributed by atoms with E-state index < -0.39 is 0 Å². The molecule has 0 spiro atoms. The van der Waals surface area contributed by atoms with E-state index in [1.54, 1.807) is 12.5 Å². The summed E-state index contributed by atoms with van der Waals surface area (Å²) in [6.45, 7) is 5.25. The van der Waals surface area contributed by atoms with Crippen molar-refractivity contribution in [3.8, 4) is 5.82 Å². The van der Waals surface area contributed by atoms with E-state index in [-0.39, 0.29) is 0 Å². The molecule has 2 aromatic heterocycles. The second-order valence-electron chi connectivity index (χ2n) is 6.60. The predicted molar refractivity (Wildman–Crippen MR) is 96.5 cm³/mol. The number of imidazole rings is 1. The Labute approximate surface area is 142 Å². The van der Waals surface area contributed by atoms with Crippen molar-refractivity contribution in [3.63, 3.8) is 0 Å². The van der Waals surface area contributed by atoms with Crippen molar-refractivity contribution in [1.82, 2.24) is 14.5 Å². The van der Waals surface area contributed by atoms with Gasteiger partial charge in [-0.25, -0.2) is 9.97 Å². The second kappa shape index (κ2) is 6.11. The van der Waals surface area contributed by atoms with E-state index in [0.29, 0.717) is 6.04 Å². The van der Waals surface area contributed by atoms with Gasteiger partial charge in [-0.3, -0.25) is 4.57 Å². The monoisotopic (exact) mass is 318 g/mol. The molecule has 1 aromatic carbocycles. The van der Waals surface area contributed by atoms with Gasteiger partial charge in [-0.15, -0.1) is 0 Å². The van der Waals surface area contributed by atoms with E-state index in [1.807, 2.05) is 16.8 Å². The zero-order chi connectivity index (χ0) is 16.5. The number of hydrogen-bond donors (Lipinski definition) is 0. The molecular weight excluding hydrogens is 296 g/mol. The van der Waals surface area contributed by atoms with Crippen LogP contribution in [-0.2, 0) is 6.54 Å². The molecule has 122 valence electrons. The van der Waals surface area contributed by atoms with Gasteiger partial charge in [0.2, 0.25) is 0 Å². The summed E-state index contributed by atoms with van der Waals surface area (Å²) >= 11 is 0. The van der Waals surface area contributed by atoms with Crippen molar-refractivity contribution in [2.24, 2.45) is 0 Å². The molecule has 4 rings (SSSR count). The minimum Gasteiger partial charge on any atom is -0.349 e. The molecule has 24 heavy (non-hydrogen) atoms. The quantitative estimate of drug-likeness (QED) is 0.711. The molecule has 0 N–H and O–H groups in total. The molecule has 0 radical (unpaired) electrons. The summed E-state index contributed by atoms with van der Waals surface area (Å²) in [6, 6.07) is 13.6. The second-order valence-corrected chi connectivity index (χ2v) is 6.60. The van der Waals surface area contributed by atoms with Crippen molar-refractivity contribution in [2.75, 3.05) is 4.90 Å². The Morgan fingerprint density at radius 3 is 2.71 bits per heavy atom. The zero-order valence-electron chi connectivity index (χ0n) is 14.2. The number of rotatable bonds is 5. The highest BCUT2D eigenvalue weighted by atomic mass is 15.2. The molecule has 0 unspecified atom stereocenters. The predicted octanol–water partition coefficient (Wildman–Crippen LogP) is 4.05. The average Bonchev–Trinajstić information content (AvgIpc) is 3.28.